The normalized spacial score (nSPS) is 11.0. The van der Waals surface area contributed by atoms with Crippen LogP contribution in [-0.2, 0) is 6.54 Å². The van der Waals surface area contributed by atoms with Crippen molar-refractivity contribution in [3.05, 3.63) is 26.6 Å². The Morgan fingerprint density at radius 3 is 2.65 bits per heavy atom. The summed E-state index contributed by atoms with van der Waals surface area (Å²) in [5.41, 5.74) is 0.355. The highest BCUT2D eigenvalue weighted by Crippen LogP contribution is 2.27. The lowest BCUT2D eigenvalue weighted by molar-refractivity contribution is 0.0701. The van der Waals surface area contributed by atoms with E-state index in [0.29, 0.717) is 28.1 Å². The van der Waals surface area contributed by atoms with Crippen LogP contribution in [0.3, 0.4) is 0 Å². The molecule has 2 heterocycles. The first-order chi connectivity index (χ1) is 7.97. The van der Waals surface area contributed by atoms with Crippen LogP contribution in [0.4, 0.5) is 0 Å². The van der Waals surface area contributed by atoms with Crippen LogP contribution in [0, 0.1) is 13.8 Å². The van der Waals surface area contributed by atoms with Gasteiger partial charge in [-0.2, -0.15) is 0 Å². The number of thiophene rings is 1. The maximum Gasteiger partial charge on any atom is 0.346 e. The lowest BCUT2D eigenvalue weighted by atomic mass is 10.2. The summed E-state index contributed by atoms with van der Waals surface area (Å²) in [6, 6.07) is 0. The first kappa shape index (κ1) is 11.8. The molecule has 0 radical (unpaired) electrons. The molecule has 0 saturated heterocycles. The number of carboxylic acid groups (broad SMARTS) is 1. The van der Waals surface area contributed by atoms with Crippen LogP contribution in [0.2, 0.25) is 0 Å². The minimum Gasteiger partial charge on any atom is -0.477 e. The van der Waals surface area contributed by atoms with Crippen molar-refractivity contribution < 1.29 is 9.90 Å². The Kier molecular flexibility index (Phi) is 2.74. The number of nitrogens with zero attached hydrogens (tertiary/aromatic N) is 2. The lowest BCUT2D eigenvalue weighted by Crippen LogP contribution is -2.22. The molecule has 0 aromatic carbocycles. The van der Waals surface area contributed by atoms with Gasteiger partial charge in [0.05, 0.1) is 5.39 Å². The first-order valence-corrected chi connectivity index (χ1v) is 6.02. The van der Waals surface area contributed by atoms with Crippen LogP contribution in [-0.4, -0.2) is 20.6 Å². The molecule has 0 fully saturated rings. The molecule has 0 spiro atoms. The third-order valence-electron chi connectivity index (χ3n) is 2.75. The Morgan fingerprint density at radius 2 is 2.12 bits per heavy atom. The summed E-state index contributed by atoms with van der Waals surface area (Å²) in [7, 11) is 0. The molecular formula is C11H12N2O3S. The van der Waals surface area contributed by atoms with Crippen molar-refractivity contribution in [2.24, 2.45) is 0 Å². The summed E-state index contributed by atoms with van der Waals surface area (Å²) in [6.45, 7) is 5.80. The molecule has 0 aliphatic heterocycles. The van der Waals surface area contributed by atoms with E-state index >= 15 is 0 Å². The Labute approximate surface area is 101 Å². The topological polar surface area (TPSA) is 72.2 Å². The number of hydrogen-bond donors (Lipinski definition) is 1. The summed E-state index contributed by atoms with van der Waals surface area (Å²) >= 11 is 1.06. The van der Waals surface area contributed by atoms with Gasteiger partial charge in [-0.3, -0.25) is 9.36 Å². The molecule has 2 aromatic rings. The van der Waals surface area contributed by atoms with Crippen molar-refractivity contribution in [2.75, 3.05) is 0 Å². The standard InChI is InChI=1S/C11H12N2O3S/c1-4-13-6(3)12-9-7(10(13)14)5(2)8(17-9)11(15)16/h4H2,1-3H3,(H,15,16). The summed E-state index contributed by atoms with van der Waals surface area (Å²) in [4.78, 5) is 28.2. The maximum atomic E-state index is 12.2. The molecule has 2 rings (SSSR count). The molecule has 0 aliphatic carbocycles. The molecule has 0 aliphatic rings. The van der Waals surface area contributed by atoms with Gasteiger partial charge in [0, 0.05) is 6.54 Å². The molecular weight excluding hydrogens is 240 g/mol. The van der Waals surface area contributed by atoms with Crippen molar-refractivity contribution >= 4 is 27.5 Å². The Balaban J connectivity index is 2.95. The minimum absolute atomic E-state index is 0.156. The fourth-order valence-corrected chi connectivity index (χ4v) is 2.95. The Hall–Kier alpha value is -1.69. The first-order valence-electron chi connectivity index (χ1n) is 5.21. The SMILES string of the molecule is CCn1c(C)nc2sc(C(=O)O)c(C)c2c1=O. The Morgan fingerprint density at radius 1 is 1.47 bits per heavy atom. The van der Waals surface area contributed by atoms with E-state index in [4.69, 9.17) is 5.11 Å². The van der Waals surface area contributed by atoms with Gasteiger partial charge in [-0.25, -0.2) is 9.78 Å². The van der Waals surface area contributed by atoms with Gasteiger partial charge in [-0.1, -0.05) is 0 Å². The second kappa shape index (κ2) is 3.96. The second-order valence-corrected chi connectivity index (χ2v) is 4.75. The van der Waals surface area contributed by atoms with E-state index in [0.717, 1.165) is 11.3 Å². The number of carboxylic acids is 1. The fourth-order valence-electron chi connectivity index (χ4n) is 1.89. The molecule has 0 amide bonds. The van der Waals surface area contributed by atoms with E-state index in [1.165, 1.54) is 0 Å². The van der Waals surface area contributed by atoms with E-state index < -0.39 is 5.97 Å². The van der Waals surface area contributed by atoms with Crippen LogP contribution in [0.25, 0.3) is 10.2 Å². The monoisotopic (exact) mass is 252 g/mol. The third-order valence-corrected chi connectivity index (χ3v) is 3.93. The smallest absolute Gasteiger partial charge is 0.346 e. The largest absolute Gasteiger partial charge is 0.477 e. The number of aromatic nitrogens is 2. The summed E-state index contributed by atoms with van der Waals surface area (Å²) in [5.74, 6) is -0.395. The van der Waals surface area contributed by atoms with E-state index in [1.54, 1.807) is 18.4 Å². The van der Waals surface area contributed by atoms with Crippen molar-refractivity contribution in [3.8, 4) is 0 Å². The molecule has 1 N–H and O–H groups in total. The van der Waals surface area contributed by atoms with Gasteiger partial charge in [0.25, 0.3) is 5.56 Å². The van der Waals surface area contributed by atoms with E-state index in [-0.39, 0.29) is 10.4 Å². The second-order valence-electron chi connectivity index (χ2n) is 3.75. The highest BCUT2D eigenvalue weighted by Gasteiger charge is 2.19. The molecule has 6 heteroatoms. The predicted octanol–water partition coefficient (Wildman–Crippen LogP) is 1.79. The van der Waals surface area contributed by atoms with E-state index in [9.17, 15) is 9.59 Å². The van der Waals surface area contributed by atoms with Crippen LogP contribution >= 0.6 is 11.3 Å². The van der Waals surface area contributed by atoms with Crippen LogP contribution in [0.5, 0.6) is 0 Å². The molecule has 2 aromatic heterocycles. The van der Waals surface area contributed by atoms with Gasteiger partial charge >= 0.3 is 5.97 Å². The summed E-state index contributed by atoms with van der Waals surface area (Å²) < 4.78 is 1.55. The lowest BCUT2D eigenvalue weighted by Gasteiger charge is -2.05. The molecule has 90 valence electrons. The minimum atomic E-state index is -1.01. The van der Waals surface area contributed by atoms with Crippen LogP contribution < -0.4 is 5.56 Å². The van der Waals surface area contributed by atoms with Gasteiger partial charge in [-0.15, -0.1) is 11.3 Å². The van der Waals surface area contributed by atoms with Gasteiger partial charge in [-0.05, 0) is 26.3 Å². The zero-order chi connectivity index (χ0) is 12.7. The molecule has 0 unspecified atom stereocenters. The number of hydrogen-bond acceptors (Lipinski definition) is 4. The molecule has 0 saturated carbocycles. The number of aromatic carboxylic acids is 1. The number of rotatable bonds is 2. The Bertz CT molecular complexity index is 669. The van der Waals surface area contributed by atoms with E-state index in [2.05, 4.69) is 4.98 Å². The van der Waals surface area contributed by atoms with Gasteiger partial charge in [0.2, 0.25) is 0 Å². The zero-order valence-corrected chi connectivity index (χ0v) is 10.6. The van der Waals surface area contributed by atoms with Gasteiger partial charge in [0.15, 0.2) is 0 Å². The van der Waals surface area contributed by atoms with Crippen molar-refractivity contribution in [2.45, 2.75) is 27.3 Å². The van der Waals surface area contributed by atoms with Crippen molar-refractivity contribution in [1.29, 1.82) is 0 Å². The van der Waals surface area contributed by atoms with Crippen LogP contribution in [0.1, 0.15) is 28.0 Å². The fraction of sp³-hybridized carbons (Fsp3) is 0.364. The molecule has 0 bridgehead atoms. The molecule has 17 heavy (non-hydrogen) atoms. The van der Waals surface area contributed by atoms with Gasteiger partial charge < -0.3 is 5.11 Å². The molecule has 5 nitrogen and oxygen atoms in total. The summed E-state index contributed by atoms with van der Waals surface area (Å²) in [6.07, 6.45) is 0. The third kappa shape index (κ3) is 1.64. The van der Waals surface area contributed by atoms with Gasteiger partial charge in [0.1, 0.15) is 15.5 Å². The number of carbonyl (C=O) groups is 1. The highest BCUT2D eigenvalue weighted by molar-refractivity contribution is 7.20. The zero-order valence-electron chi connectivity index (χ0n) is 9.77. The summed E-state index contributed by atoms with van der Waals surface area (Å²) in [5, 5.41) is 9.46. The maximum absolute atomic E-state index is 12.2. The van der Waals surface area contributed by atoms with Crippen molar-refractivity contribution in [1.82, 2.24) is 9.55 Å². The number of fused-ring (bicyclic) bond motifs is 1. The number of aryl methyl sites for hydroxylation is 2. The van der Waals surface area contributed by atoms with Crippen LogP contribution in [0.15, 0.2) is 4.79 Å². The predicted molar refractivity (Wildman–Crippen MR) is 66.0 cm³/mol. The van der Waals surface area contributed by atoms with Crippen molar-refractivity contribution in [3.63, 3.8) is 0 Å². The average Bonchev–Trinajstić information content (AvgIpc) is 2.56. The highest BCUT2D eigenvalue weighted by atomic mass is 32.1. The molecule has 0 atom stereocenters. The quantitative estimate of drug-likeness (QED) is 0.884. The average molecular weight is 252 g/mol. The van der Waals surface area contributed by atoms with E-state index in [1.807, 2.05) is 6.92 Å².